The van der Waals surface area contributed by atoms with Crippen molar-refractivity contribution in [3.63, 3.8) is 0 Å². The lowest BCUT2D eigenvalue weighted by molar-refractivity contribution is -0.129. The Morgan fingerprint density at radius 2 is 2.07 bits per heavy atom. The Balaban J connectivity index is 2.02. The molecule has 2 rings (SSSR count). The maximum Gasteiger partial charge on any atom is 0.225 e. The van der Waals surface area contributed by atoms with Crippen LogP contribution < -0.4 is 0 Å². The number of nitrogens with zero attached hydrogens (tertiary/aromatic N) is 1. The van der Waals surface area contributed by atoms with Gasteiger partial charge in [0, 0.05) is 19.5 Å². The first-order chi connectivity index (χ1) is 6.77. The number of carbonyl (C=O) groups excluding carboxylic acids is 1. The van der Waals surface area contributed by atoms with E-state index in [1.54, 1.807) is 0 Å². The first-order valence-corrected chi connectivity index (χ1v) is 5.06. The van der Waals surface area contributed by atoms with Crippen LogP contribution in [0.2, 0.25) is 0 Å². The summed E-state index contributed by atoms with van der Waals surface area (Å²) in [5.74, 6) is 0.510. The molecule has 1 aliphatic heterocycles. The van der Waals surface area contributed by atoms with Gasteiger partial charge in [0.25, 0.3) is 0 Å². The molecule has 0 saturated carbocycles. The molecule has 1 aliphatic rings. The average molecular weight is 189 g/mol. The third-order valence-corrected chi connectivity index (χ3v) is 2.86. The van der Waals surface area contributed by atoms with Gasteiger partial charge in [-0.05, 0) is 18.4 Å². The molecular formula is C12H15NO. The second-order valence-corrected chi connectivity index (χ2v) is 3.94. The predicted octanol–water partition coefficient (Wildman–Crippen LogP) is 1.71. The third-order valence-electron chi connectivity index (χ3n) is 2.86. The molecule has 0 spiro atoms. The van der Waals surface area contributed by atoms with Gasteiger partial charge in [0.05, 0.1) is 0 Å². The van der Waals surface area contributed by atoms with Gasteiger partial charge in [-0.1, -0.05) is 30.3 Å². The van der Waals surface area contributed by atoms with Gasteiger partial charge in [-0.25, -0.2) is 0 Å². The van der Waals surface area contributed by atoms with Crippen LogP contribution in [0.1, 0.15) is 12.0 Å². The molecule has 1 unspecified atom stereocenters. The molecule has 1 amide bonds. The Bertz CT molecular complexity index is 320. The summed E-state index contributed by atoms with van der Waals surface area (Å²) in [7, 11) is 1.88. The smallest absolute Gasteiger partial charge is 0.225 e. The van der Waals surface area contributed by atoms with E-state index >= 15 is 0 Å². The first-order valence-electron chi connectivity index (χ1n) is 5.06. The summed E-state index contributed by atoms with van der Waals surface area (Å²) in [4.78, 5) is 13.5. The summed E-state index contributed by atoms with van der Waals surface area (Å²) in [6.45, 7) is 0.913. The summed E-state index contributed by atoms with van der Waals surface area (Å²) < 4.78 is 0. The van der Waals surface area contributed by atoms with Gasteiger partial charge in [0.2, 0.25) is 5.91 Å². The SMILES string of the molecule is CN1CCC(Cc2ccccc2)C1=O. The molecule has 74 valence electrons. The van der Waals surface area contributed by atoms with Crippen LogP contribution in [-0.2, 0) is 11.2 Å². The Morgan fingerprint density at radius 3 is 2.64 bits per heavy atom. The topological polar surface area (TPSA) is 20.3 Å². The fourth-order valence-corrected chi connectivity index (χ4v) is 1.98. The second-order valence-electron chi connectivity index (χ2n) is 3.94. The first kappa shape index (κ1) is 9.25. The van der Waals surface area contributed by atoms with E-state index in [-0.39, 0.29) is 5.92 Å². The largest absolute Gasteiger partial charge is 0.345 e. The van der Waals surface area contributed by atoms with E-state index in [0.29, 0.717) is 5.91 Å². The zero-order chi connectivity index (χ0) is 9.97. The Hall–Kier alpha value is -1.31. The Kier molecular flexibility index (Phi) is 2.53. The zero-order valence-electron chi connectivity index (χ0n) is 8.44. The summed E-state index contributed by atoms with van der Waals surface area (Å²) in [5.41, 5.74) is 1.26. The standard InChI is InChI=1S/C12H15NO/c1-13-8-7-11(12(13)14)9-10-5-3-2-4-6-10/h2-6,11H,7-9H2,1H3. The molecular weight excluding hydrogens is 174 g/mol. The zero-order valence-corrected chi connectivity index (χ0v) is 8.44. The van der Waals surface area contributed by atoms with Crippen molar-refractivity contribution in [2.45, 2.75) is 12.8 Å². The Labute approximate surface area is 84.5 Å². The van der Waals surface area contributed by atoms with Crippen molar-refractivity contribution < 1.29 is 4.79 Å². The van der Waals surface area contributed by atoms with Gasteiger partial charge in [-0.3, -0.25) is 4.79 Å². The summed E-state index contributed by atoms with van der Waals surface area (Å²) in [6, 6.07) is 10.2. The number of carbonyl (C=O) groups is 1. The normalized spacial score (nSPS) is 21.6. The Morgan fingerprint density at radius 1 is 1.36 bits per heavy atom. The summed E-state index contributed by atoms with van der Waals surface area (Å²) >= 11 is 0. The van der Waals surface area contributed by atoms with Gasteiger partial charge in [-0.15, -0.1) is 0 Å². The maximum atomic E-state index is 11.6. The van der Waals surface area contributed by atoms with Gasteiger partial charge in [0.1, 0.15) is 0 Å². The van der Waals surface area contributed by atoms with Crippen molar-refractivity contribution in [1.82, 2.24) is 4.90 Å². The van der Waals surface area contributed by atoms with Crippen molar-refractivity contribution in [2.75, 3.05) is 13.6 Å². The van der Waals surface area contributed by atoms with Crippen molar-refractivity contribution in [3.8, 4) is 0 Å². The monoisotopic (exact) mass is 189 g/mol. The van der Waals surface area contributed by atoms with E-state index in [2.05, 4.69) is 12.1 Å². The highest BCUT2D eigenvalue weighted by molar-refractivity contribution is 5.80. The van der Waals surface area contributed by atoms with E-state index < -0.39 is 0 Å². The molecule has 1 atom stereocenters. The van der Waals surface area contributed by atoms with Gasteiger partial charge >= 0.3 is 0 Å². The van der Waals surface area contributed by atoms with Crippen molar-refractivity contribution in [2.24, 2.45) is 5.92 Å². The van der Waals surface area contributed by atoms with Crippen molar-refractivity contribution >= 4 is 5.91 Å². The lowest BCUT2D eigenvalue weighted by Crippen LogP contribution is -2.23. The van der Waals surface area contributed by atoms with Crippen LogP contribution in [0.25, 0.3) is 0 Å². The van der Waals surface area contributed by atoms with Crippen LogP contribution in [0.15, 0.2) is 30.3 Å². The third kappa shape index (κ3) is 1.79. The fraction of sp³-hybridized carbons (Fsp3) is 0.417. The number of amides is 1. The van der Waals surface area contributed by atoms with E-state index in [1.165, 1.54) is 5.56 Å². The summed E-state index contributed by atoms with van der Waals surface area (Å²) in [5, 5.41) is 0. The molecule has 2 nitrogen and oxygen atoms in total. The minimum Gasteiger partial charge on any atom is -0.345 e. The van der Waals surface area contributed by atoms with Crippen LogP contribution in [0.4, 0.5) is 0 Å². The maximum absolute atomic E-state index is 11.6. The lowest BCUT2D eigenvalue weighted by Gasteiger charge is -2.09. The minimum absolute atomic E-state index is 0.211. The molecule has 1 aromatic carbocycles. The van der Waals surface area contributed by atoms with E-state index in [4.69, 9.17) is 0 Å². The molecule has 1 aromatic rings. The molecule has 0 aromatic heterocycles. The molecule has 2 heteroatoms. The van der Waals surface area contributed by atoms with E-state index in [9.17, 15) is 4.79 Å². The average Bonchev–Trinajstić information content (AvgIpc) is 2.52. The van der Waals surface area contributed by atoms with Gasteiger partial charge < -0.3 is 4.90 Å². The highest BCUT2D eigenvalue weighted by Crippen LogP contribution is 2.20. The van der Waals surface area contributed by atoms with Crippen molar-refractivity contribution in [3.05, 3.63) is 35.9 Å². The highest BCUT2D eigenvalue weighted by atomic mass is 16.2. The highest BCUT2D eigenvalue weighted by Gasteiger charge is 2.28. The predicted molar refractivity (Wildman–Crippen MR) is 55.9 cm³/mol. The van der Waals surface area contributed by atoms with E-state index in [0.717, 1.165) is 19.4 Å². The van der Waals surface area contributed by atoms with E-state index in [1.807, 2.05) is 30.1 Å². The number of benzene rings is 1. The number of hydrogen-bond donors (Lipinski definition) is 0. The van der Waals surface area contributed by atoms with Crippen LogP contribution in [-0.4, -0.2) is 24.4 Å². The second kappa shape index (κ2) is 3.82. The molecule has 1 fully saturated rings. The molecule has 1 saturated heterocycles. The fourth-order valence-electron chi connectivity index (χ4n) is 1.98. The minimum atomic E-state index is 0.211. The van der Waals surface area contributed by atoms with Crippen LogP contribution in [0, 0.1) is 5.92 Å². The molecule has 1 heterocycles. The number of rotatable bonds is 2. The molecule has 0 N–H and O–H groups in total. The lowest BCUT2D eigenvalue weighted by atomic mass is 9.98. The molecule has 0 radical (unpaired) electrons. The van der Waals surface area contributed by atoms with Gasteiger partial charge in [-0.2, -0.15) is 0 Å². The number of hydrogen-bond acceptors (Lipinski definition) is 1. The van der Waals surface area contributed by atoms with Crippen LogP contribution in [0.3, 0.4) is 0 Å². The van der Waals surface area contributed by atoms with Gasteiger partial charge in [0.15, 0.2) is 0 Å². The molecule has 0 aliphatic carbocycles. The summed E-state index contributed by atoms with van der Waals surface area (Å²) in [6.07, 6.45) is 1.90. The number of likely N-dealkylation sites (tertiary alicyclic amines) is 1. The van der Waals surface area contributed by atoms with Crippen LogP contribution >= 0.6 is 0 Å². The quantitative estimate of drug-likeness (QED) is 0.693. The van der Waals surface area contributed by atoms with Crippen LogP contribution in [0.5, 0.6) is 0 Å². The van der Waals surface area contributed by atoms with Crippen molar-refractivity contribution in [1.29, 1.82) is 0 Å². The molecule has 14 heavy (non-hydrogen) atoms. The molecule has 0 bridgehead atoms.